The molecule has 0 atom stereocenters. The normalized spacial score (nSPS) is 11.7. The molecule has 0 spiro atoms. The molecule has 0 bridgehead atoms. The highest BCUT2D eigenvalue weighted by Gasteiger charge is 2.32. The van der Waals surface area contributed by atoms with Crippen molar-refractivity contribution in [2.75, 3.05) is 13.2 Å². The summed E-state index contributed by atoms with van der Waals surface area (Å²) >= 11 is 0. The van der Waals surface area contributed by atoms with Crippen LogP contribution in [0.1, 0.15) is 143 Å². The number of hydrogen-bond donors (Lipinski definition) is 0. The largest absolute Gasteiger partial charge is 0.493 e. The molecule has 0 saturated carbocycles. The highest BCUT2D eigenvalue weighted by Crippen LogP contribution is 2.36. The quantitative estimate of drug-likeness (QED) is 0.0710. The van der Waals surface area contributed by atoms with E-state index in [0.29, 0.717) is 43.5 Å². The van der Waals surface area contributed by atoms with E-state index in [9.17, 15) is 0 Å². The van der Waals surface area contributed by atoms with Crippen LogP contribution in [0.4, 0.5) is 0 Å². The Hall–Kier alpha value is -4.51. The SMILES string of the molecule is CCc1cc(OCc2ccccc2)cc(C)c1OCCCCOc1c(C)n(-c2c(C(C)C)cccc2C(C)C)c[n+]1-c1c(C(C)C)cccc1C(C)C. The summed E-state index contributed by atoms with van der Waals surface area (Å²) in [7, 11) is 0. The van der Waals surface area contributed by atoms with Gasteiger partial charge in [-0.25, -0.2) is 0 Å². The molecular weight excluding hydrogens is 653 g/mol. The van der Waals surface area contributed by atoms with E-state index in [-0.39, 0.29) is 0 Å². The second-order valence-corrected chi connectivity index (χ2v) is 15.7. The van der Waals surface area contributed by atoms with Gasteiger partial charge >= 0.3 is 5.88 Å². The number of aromatic nitrogens is 2. The van der Waals surface area contributed by atoms with Crippen molar-refractivity contribution in [1.82, 2.24) is 4.57 Å². The number of rotatable bonds is 17. The van der Waals surface area contributed by atoms with Gasteiger partial charge in [0.1, 0.15) is 29.5 Å². The Balaban J connectivity index is 1.39. The Bertz CT molecular complexity index is 1900. The van der Waals surface area contributed by atoms with Crippen LogP contribution in [0.15, 0.2) is 85.2 Å². The van der Waals surface area contributed by atoms with Gasteiger partial charge in [0.2, 0.25) is 0 Å². The van der Waals surface area contributed by atoms with Gasteiger partial charge in [-0.2, -0.15) is 9.13 Å². The molecule has 0 aliphatic heterocycles. The first-order chi connectivity index (χ1) is 25.4. The third kappa shape index (κ3) is 9.18. The Morgan fingerprint density at radius 1 is 0.623 bits per heavy atom. The average molecular weight is 716 g/mol. The molecule has 0 fully saturated rings. The second kappa shape index (κ2) is 18.0. The van der Waals surface area contributed by atoms with Gasteiger partial charge in [-0.15, -0.1) is 0 Å². The fourth-order valence-corrected chi connectivity index (χ4v) is 7.32. The summed E-state index contributed by atoms with van der Waals surface area (Å²) in [5.41, 5.74) is 12.4. The number of unbranched alkanes of at least 4 members (excludes halogenated alkanes) is 1. The molecule has 4 aromatic carbocycles. The zero-order chi connectivity index (χ0) is 38.2. The standard InChI is InChI=1S/C48H63N2O3/c1-12-39-29-40(53-30-38-20-14-13-15-21-38)28-36(10)47(39)51-26-16-17-27-52-48-37(11)49(45-41(32(2)3)22-18-23-42(45)33(4)5)31-50(48)46-43(34(6)7)24-19-25-44(46)35(8)9/h13-15,18-25,28-29,31-35H,12,16-17,26-27,30H2,1-11H3/q+1. The van der Waals surface area contributed by atoms with Crippen molar-refractivity contribution >= 4 is 0 Å². The maximum absolute atomic E-state index is 6.86. The van der Waals surface area contributed by atoms with E-state index < -0.39 is 0 Å². The van der Waals surface area contributed by atoms with Crippen LogP contribution in [0.25, 0.3) is 11.4 Å². The van der Waals surface area contributed by atoms with Gasteiger partial charge in [0, 0.05) is 29.2 Å². The average Bonchev–Trinajstić information content (AvgIpc) is 3.46. The maximum Gasteiger partial charge on any atom is 0.333 e. The number of benzene rings is 4. The first-order valence-electron chi connectivity index (χ1n) is 19.9. The summed E-state index contributed by atoms with van der Waals surface area (Å²) < 4.78 is 24.2. The van der Waals surface area contributed by atoms with Crippen molar-refractivity contribution in [1.29, 1.82) is 0 Å². The van der Waals surface area contributed by atoms with Crippen LogP contribution in [0.3, 0.4) is 0 Å². The van der Waals surface area contributed by atoms with E-state index in [0.717, 1.165) is 53.5 Å². The lowest BCUT2D eigenvalue weighted by Gasteiger charge is -2.18. The van der Waals surface area contributed by atoms with Crippen LogP contribution in [0.2, 0.25) is 0 Å². The van der Waals surface area contributed by atoms with Crippen LogP contribution in [0, 0.1) is 13.8 Å². The molecule has 0 saturated heterocycles. The fourth-order valence-electron chi connectivity index (χ4n) is 7.32. The summed E-state index contributed by atoms with van der Waals surface area (Å²) in [5, 5.41) is 0. The second-order valence-electron chi connectivity index (χ2n) is 15.7. The zero-order valence-electron chi connectivity index (χ0n) is 34.3. The molecular formula is C48H63N2O3+. The lowest BCUT2D eigenvalue weighted by atomic mass is 9.92. The number of imidazole rings is 1. The highest BCUT2D eigenvalue weighted by molar-refractivity contribution is 5.53. The molecule has 5 nitrogen and oxygen atoms in total. The molecule has 0 unspecified atom stereocenters. The molecule has 1 heterocycles. The van der Waals surface area contributed by atoms with E-state index in [4.69, 9.17) is 14.2 Å². The number of ether oxygens (including phenoxy) is 3. The monoisotopic (exact) mass is 715 g/mol. The maximum atomic E-state index is 6.86. The zero-order valence-corrected chi connectivity index (χ0v) is 34.3. The molecule has 282 valence electrons. The number of hydrogen-bond acceptors (Lipinski definition) is 3. The topological polar surface area (TPSA) is 36.5 Å². The molecule has 53 heavy (non-hydrogen) atoms. The summed E-state index contributed by atoms with van der Waals surface area (Å²) in [6.07, 6.45) is 4.94. The minimum absolute atomic E-state index is 0.361. The Kier molecular flexibility index (Phi) is 13.5. The van der Waals surface area contributed by atoms with Crippen LogP contribution < -0.4 is 18.8 Å². The Morgan fingerprint density at radius 3 is 1.72 bits per heavy atom. The number of aryl methyl sites for hydroxylation is 2. The van der Waals surface area contributed by atoms with Gasteiger partial charge < -0.3 is 14.2 Å². The molecule has 5 heteroatoms. The van der Waals surface area contributed by atoms with Crippen LogP contribution in [-0.4, -0.2) is 17.8 Å². The fraction of sp³-hybridized carbons (Fsp3) is 0.438. The third-order valence-electron chi connectivity index (χ3n) is 10.3. The van der Waals surface area contributed by atoms with E-state index >= 15 is 0 Å². The molecule has 0 aliphatic rings. The summed E-state index contributed by atoms with van der Waals surface area (Å²) in [5.74, 6) is 4.25. The van der Waals surface area contributed by atoms with Gasteiger partial charge in [-0.3, -0.25) is 0 Å². The molecule has 0 amide bonds. The van der Waals surface area contributed by atoms with E-state index in [2.05, 4.69) is 152 Å². The Labute approximate surface area is 320 Å². The van der Waals surface area contributed by atoms with E-state index in [1.165, 1.54) is 39.2 Å². The van der Waals surface area contributed by atoms with Crippen molar-refractivity contribution < 1.29 is 18.8 Å². The van der Waals surface area contributed by atoms with Gasteiger partial charge in [0.05, 0.1) is 13.2 Å². The first-order valence-corrected chi connectivity index (χ1v) is 19.9. The lowest BCUT2D eigenvalue weighted by Crippen LogP contribution is -2.34. The van der Waals surface area contributed by atoms with Crippen molar-refractivity contribution in [3.63, 3.8) is 0 Å². The van der Waals surface area contributed by atoms with Gasteiger partial charge in [-0.1, -0.05) is 129 Å². The highest BCUT2D eigenvalue weighted by atomic mass is 16.5. The van der Waals surface area contributed by atoms with Crippen molar-refractivity contribution in [2.45, 2.75) is 126 Å². The lowest BCUT2D eigenvalue weighted by molar-refractivity contribution is -0.603. The van der Waals surface area contributed by atoms with Gasteiger partial charge in [0.25, 0.3) is 6.33 Å². The summed E-state index contributed by atoms with van der Waals surface area (Å²) in [6.45, 7) is 26.6. The molecule has 0 radical (unpaired) electrons. The van der Waals surface area contributed by atoms with E-state index in [1.54, 1.807) is 0 Å². The molecule has 0 N–H and O–H groups in total. The molecule has 5 aromatic rings. The van der Waals surface area contributed by atoms with Crippen LogP contribution in [0.5, 0.6) is 17.4 Å². The minimum Gasteiger partial charge on any atom is -0.493 e. The predicted octanol–water partition coefficient (Wildman–Crippen LogP) is 12.2. The first kappa shape index (κ1) is 39.7. The van der Waals surface area contributed by atoms with Gasteiger partial charge in [-0.05, 0) is 78.7 Å². The molecule has 0 aliphatic carbocycles. The van der Waals surface area contributed by atoms with Crippen molar-refractivity contribution in [3.05, 3.63) is 130 Å². The smallest absolute Gasteiger partial charge is 0.333 e. The van der Waals surface area contributed by atoms with Crippen molar-refractivity contribution in [3.8, 4) is 28.8 Å². The molecule has 5 rings (SSSR count). The predicted molar refractivity (Wildman–Crippen MR) is 220 cm³/mol. The summed E-state index contributed by atoms with van der Waals surface area (Å²) in [6, 6.07) is 28.1. The van der Waals surface area contributed by atoms with Crippen molar-refractivity contribution in [2.24, 2.45) is 0 Å². The Morgan fingerprint density at radius 2 is 1.17 bits per heavy atom. The van der Waals surface area contributed by atoms with Crippen LogP contribution in [-0.2, 0) is 13.0 Å². The van der Waals surface area contributed by atoms with Gasteiger partial charge in [0.15, 0.2) is 5.69 Å². The minimum atomic E-state index is 0.361. The number of para-hydroxylation sites is 2. The summed E-state index contributed by atoms with van der Waals surface area (Å²) in [4.78, 5) is 0. The van der Waals surface area contributed by atoms with Crippen LogP contribution >= 0.6 is 0 Å². The molecule has 1 aromatic heterocycles. The number of nitrogens with zero attached hydrogens (tertiary/aromatic N) is 2. The third-order valence-corrected chi connectivity index (χ3v) is 10.3. The van der Waals surface area contributed by atoms with E-state index in [1.807, 2.05) is 18.2 Å².